The van der Waals surface area contributed by atoms with E-state index < -0.39 is 11.6 Å². The second kappa shape index (κ2) is 14.2. The van der Waals surface area contributed by atoms with E-state index >= 15 is 0 Å². The van der Waals surface area contributed by atoms with Crippen LogP contribution in [-0.2, 0) is 6.61 Å². The van der Waals surface area contributed by atoms with Crippen molar-refractivity contribution >= 4 is 0 Å². The van der Waals surface area contributed by atoms with Gasteiger partial charge in [0.2, 0.25) is 11.6 Å². The van der Waals surface area contributed by atoms with E-state index in [1.54, 1.807) is 6.92 Å². The van der Waals surface area contributed by atoms with E-state index in [1.165, 1.54) is 108 Å². The Kier molecular flexibility index (Phi) is 10.4. The van der Waals surface area contributed by atoms with E-state index in [1.807, 2.05) is 0 Å². The van der Waals surface area contributed by atoms with Crippen molar-refractivity contribution in [3.8, 4) is 11.5 Å². The van der Waals surface area contributed by atoms with Crippen LogP contribution in [0.3, 0.4) is 0 Å². The van der Waals surface area contributed by atoms with Crippen LogP contribution in [0.5, 0.6) is 11.5 Å². The van der Waals surface area contributed by atoms with Gasteiger partial charge in [0.15, 0.2) is 11.5 Å². The van der Waals surface area contributed by atoms with Crippen molar-refractivity contribution in [2.24, 2.45) is 29.6 Å². The lowest BCUT2D eigenvalue weighted by Gasteiger charge is -2.43. The van der Waals surface area contributed by atoms with Crippen molar-refractivity contribution in [3.63, 3.8) is 0 Å². The summed E-state index contributed by atoms with van der Waals surface area (Å²) < 4.78 is 39.2. The van der Waals surface area contributed by atoms with Crippen LogP contribution in [0.15, 0.2) is 36.4 Å². The predicted molar refractivity (Wildman–Crippen MR) is 159 cm³/mol. The van der Waals surface area contributed by atoms with Gasteiger partial charge in [0.1, 0.15) is 6.61 Å². The molecule has 3 saturated carbocycles. The molecule has 3 fully saturated rings. The lowest BCUT2D eigenvalue weighted by atomic mass is 9.63. The molecule has 4 atom stereocenters. The zero-order chi connectivity index (χ0) is 27.9. The van der Waals surface area contributed by atoms with Gasteiger partial charge in [-0.1, -0.05) is 89.0 Å². The van der Waals surface area contributed by atoms with E-state index in [9.17, 15) is 8.78 Å². The molecule has 0 aliphatic heterocycles. The molecule has 0 aromatic heterocycles. The van der Waals surface area contributed by atoms with Gasteiger partial charge >= 0.3 is 0 Å². The molecule has 0 amide bonds. The zero-order valence-electron chi connectivity index (χ0n) is 24.8. The van der Waals surface area contributed by atoms with E-state index in [0.717, 1.165) is 35.2 Å². The molecule has 2 nitrogen and oxygen atoms in total. The van der Waals surface area contributed by atoms with Gasteiger partial charge in [-0.25, -0.2) is 0 Å². The standard InChI is InChI=1S/C36H50F2O2/c1-3-5-25-6-8-26(9-7-25)10-11-27-12-17-32-23-31(19-18-30(32)22-27)29-15-13-28(14-16-29)24-40-34-21-20-33(39-4-2)35(37)36(34)38/h13-16,20-21,25-27,30-32H,3-12,17-19,22-24H2,1-2H3. The Balaban J connectivity index is 1.05. The van der Waals surface area contributed by atoms with Crippen molar-refractivity contribution in [2.75, 3.05) is 6.61 Å². The fourth-order valence-corrected chi connectivity index (χ4v) is 8.18. The summed E-state index contributed by atoms with van der Waals surface area (Å²) in [4.78, 5) is 0. The highest BCUT2D eigenvalue weighted by Gasteiger charge is 2.36. The highest BCUT2D eigenvalue weighted by molar-refractivity contribution is 5.35. The first-order valence-corrected chi connectivity index (χ1v) is 16.4. The van der Waals surface area contributed by atoms with E-state index in [2.05, 4.69) is 31.2 Å². The van der Waals surface area contributed by atoms with Crippen molar-refractivity contribution < 1.29 is 18.3 Å². The van der Waals surface area contributed by atoms with Crippen LogP contribution in [-0.4, -0.2) is 6.61 Å². The van der Waals surface area contributed by atoms with Crippen molar-refractivity contribution in [2.45, 2.75) is 116 Å². The molecule has 0 bridgehead atoms. The molecule has 0 saturated heterocycles. The molecule has 3 aliphatic rings. The van der Waals surface area contributed by atoms with Crippen LogP contribution in [0.2, 0.25) is 0 Å². The van der Waals surface area contributed by atoms with Gasteiger partial charge in [0.05, 0.1) is 6.61 Å². The topological polar surface area (TPSA) is 18.5 Å². The van der Waals surface area contributed by atoms with Gasteiger partial charge in [0.25, 0.3) is 0 Å². The summed E-state index contributed by atoms with van der Waals surface area (Å²) in [5, 5.41) is 0. The summed E-state index contributed by atoms with van der Waals surface area (Å²) in [6, 6.07) is 11.5. The van der Waals surface area contributed by atoms with Crippen molar-refractivity contribution in [3.05, 3.63) is 59.2 Å². The molecule has 0 spiro atoms. The van der Waals surface area contributed by atoms with Gasteiger partial charge in [-0.2, -0.15) is 8.78 Å². The van der Waals surface area contributed by atoms with Crippen LogP contribution in [0.1, 0.15) is 121 Å². The summed E-state index contributed by atoms with van der Waals surface area (Å²) in [5.74, 6) is 3.31. The molecule has 2 aromatic carbocycles. The minimum atomic E-state index is -0.997. The Bertz CT molecular complexity index is 1060. The number of ether oxygens (including phenoxy) is 2. The molecular formula is C36H50F2O2. The Hall–Kier alpha value is -2.10. The second-order valence-corrected chi connectivity index (χ2v) is 13.1. The molecule has 2 aromatic rings. The maximum Gasteiger partial charge on any atom is 0.204 e. The van der Waals surface area contributed by atoms with Gasteiger partial charge in [-0.15, -0.1) is 0 Å². The van der Waals surface area contributed by atoms with Crippen LogP contribution in [0.4, 0.5) is 8.78 Å². The predicted octanol–water partition coefficient (Wildman–Crippen LogP) is 10.6. The van der Waals surface area contributed by atoms with Gasteiger partial charge < -0.3 is 9.47 Å². The third-order valence-electron chi connectivity index (χ3n) is 10.5. The summed E-state index contributed by atoms with van der Waals surface area (Å²) in [5.41, 5.74) is 2.38. The first kappa shape index (κ1) is 29.4. The molecule has 4 heteroatoms. The average molecular weight is 553 g/mol. The third kappa shape index (κ3) is 7.39. The fourth-order valence-electron chi connectivity index (χ4n) is 8.18. The SMILES string of the molecule is CCCC1CCC(CCC2CCC3CC(c4ccc(COc5ccc(OCC)c(F)c5F)cc4)CCC3C2)CC1. The smallest absolute Gasteiger partial charge is 0.204 e. The number of hydrogen-bond donors (Lipinski definition) is 0. The molecule has 0 N–H and O–H groups in total. The Morgan fingerprint density at radius 2 is 1.20 bits per heavy atom. The largest absolute Gasteiger partial charge is 0.491 e. The molecule has 0 heterocycles. The van der Waals surface area contributed by atoms with Crippen molar-refractivity contribution in [1.29, 1.82) is 0 Å². The molecule has 4 unspecified atom stereocenters. The van der Waals surface area contributed by atoms with E-state index in [4.69, 9.17) is 9.47 Å². The van der Waals surface area contributed by atoms with Gasteiger partial charge in [-0.3, -0.25) is 0 Å². The van der Waals surface area contributed by atoms with Crippen molar-refractivity contribution in [1.82, 2.24) is 0 Å². The summed E-state index contributed by atoms with van der Waals surface area (Å²) in [6.45, 7) is 4.57. The van der Waals surface area contributed by atoms with Gasteiger partial charge in [-0.05, 0) is 97.8 Å². The summed E-state index contributed by atoms with van der Waals surface area (Å²) in [7, 11) is 0. The highest BCUT2D eigenvalue weighted by Crippen LogP contribution is 2.49. The molecular weight excluding hydrogens is 502 g/mol. The highest BCUT2D eigenvalue weighted by atomic mass is 19.2. The maximum atomic E-state index is 14.3. The summed E-state index contributed by atoms with van der Waals surface area (Å²) >= 11 is 0. The Morgan fingerprint density at radius 1 is 0.625 bits per heavy atom. The number of benzene rings is 2. The zero-order valence-corrected chi connectivity index (χ0v) is 24.8. The lowest BCUT2D eigenvalue weighted by Crippen LogP contribution is -2.30. The van der Waals surface area contributed by atoms with Crippen LogP contribution < -0.4 is 9.47 Å². The minimum absolute atomic E-state index is 0.0835. The molecule has 3 aliphatic carbocycles. The van der Waals surface area contributed by atoms with E-state index in [-0.39, 0.29) is 24.7 Å². The summed E-state index contributed by atoms with van der Waals surface area (Å²) in [6.07, 6.45) is 20.1. The Morgan fingerprint density at radius 3 is 1.88 bits per heavy atom. The fraction of sp³-hybridized carbons (Fsp3) is 0.667. The first-order chi connectivity index (χ1) is 19.5. The third-order valence-corrected chi connectivity index (χ3v) is 10.5. The monoisotopic (exact) mass is 552 g/mol. The number of fused-ring (bicyclic) bond motifs is 1. The lowest BCUT2D eigenvalue weighted by molar-refractivity contribution is 0.108. The molecule has 0 radical (unpaired) electrons. The molecule has 220 valence electrons. The van der Waals surface area contributed by atoms with Crippen LogP contribution in [0, 0.1) is 41.2 Å². The second-order valence-electron chi connectivity index (χ2n) is 13.1. The minimum Gasteiger partial charge on any atom is -0.491 e. The number of rotatable bonds is 11. The Labute approximate surface area is 241 Å². The van der Waals surface area contributed by atoms with E-state index in [0.29, 0.717) is 5.92 Å². The first-order valence-electron chi connectivity index (χ1n) is 16.4. The van der Waals surface area contributed by atoms with Crippen LogP contribution in [0.25, 0.3) is 0 Å². The molecule has 40 heavy (non-hydrogen) atoms. The number of halogens is 2. The number of hydrogen-bond acceptors (Lipinski definition) is 2. The normalized spacial score (nSPS) is 28.6. The van der Waals surface area contributed by atoms with Crippen LogP contribution >= 0.6 is 0 Å². The maximum absolute atomic E-state index is 14.3. The quantitative estimate of drug-likeness (QED) is 0.276. The van der Waals surface area contributed by atoms with Gasteiger partial charge in [0, 0.05) is 0 Å². The average Bonchev–Trinajstić information content (AvgIpc) is 2.99. The molecule has 5 rings (SSSR count).